The summed E-state index contributed by atoms with van der Waals surface area (Å²) < 4.78 is 5.16. The number of ether oxygens (including phenoxy) is 1. The first-order valence-electron chi connectivity index (χ1n) is 9.74. The fourth-order valence-electron chi connectivity index (χ4n) is 4.39. The molecule has 0 atom stereocenters. The third-order valence-electron chi connectivity index (χ3n) is 5.36. The molecular formula is C21H30ClN3O3. The second-order valence-electron chi connectivity index (χ2n) is 9.31. The van der Waals surface area contributed by atoms with Crippen LogP contribution in [0.4, 0.5) is 0 Å². The highest BCUT2D eigenvalue weighted by atomic mass is 35.5. The number of benzene rings is 1. The topological polar surface area (TPSA) is 70.7 Å². The molecule has 0 unspecified atom stereocenters. The Labute approximate surface area is 171 Å². The molecule has 2 fully saturated rings. The molecular weight excluding hydrogens is 378 g/mol. The number of hydrogen-bond donors (Lipinski definition) is 2. The maximum atomic E-state index is 12.4. The second kappa shape index (κ2) is 7.91. The Balaban J connectivity index is 1.37. The van der Waals surface area contributed by atoms with Crippen molar-refractivity contribution in [3.8, 4) is 5.75 Å². The highest BCUT2D eigenvalue weighted by Crippen LogP contribution is 2.51. The van der Waals surface area contributed by atoms with E-state index in [2.05, 4.69) is 15.5 Å². The highest BCUT2D eigenvalue weighted by molar-refractivity contribution is 6.31. The normalized spacial score (nSPS) is 18.9. The minimum atomic E-state index is -0.188. The lowest BCUT2D eigenvalue weighted by atomic mass is 9.57. The number of amides is 2. The number of methoxy groups -OCH3 is 1. The van der Waals surface area contributed by atoms with Crippen LogP contribution >= 0.6 is 11.6 Å². The van der Waals surface area contributed by atoms with Crippen molar-refractivity contribution in [2.45, 2.75) is 39.2 Å². The summed E-state index contributed by atoms with van der Waals surface area (Å²) in [6.07, 6.45) is 2.20. The molecule has 0 radical (unpaired) electrons. The van der Waals surface area contributed by atoms with Crippen LogP contribution in [0, 0.1) is 11.3 Å². The van der Waals surface area contributed by atoms with Gasteiger partial charge >= 0.3 is 0 Å². The molecule has 1 aliphatic heterocycles. The van der Waals surface area contributed by atoms with E-state index >= 15 is 0 Å². The van der Waals surface area contributed by atoms with Crippen LogP contribution in [0.3, 0.4) is 0 Å². The van der Waals surface area contributed by atoms with Crippen LogP contribution in [0.5, 0.6) is 5.75 Å². The summed E-state index contributed by atoms with van der Waals surface area (Å²) in [6, 6.07) is 5.02. The molecule has 1 saturated carbocycles. The van der Waals surface area contributed by atoms with Crippen LogP contribution in [-0.4, -0.2) is 55.5 Å². The third kappa shape index (κ3) is 5.17. The first-order valence-corrected chi connectivity index (χ1v) is 10.1. The molecule has 1 saturated heterocycles. The average molecular weight is 408 g/mol. The zero-order valence-electron chi connectivity index (χ0n) is 17.1. The van der Waals surface area contributed by atoms with Gasteiger partial charge in [-0.2, -0.15) is 0 Å². The number of carbonyl (C=O) groups is 2. The number of hydrogen-bond acceptors (Lipinski definition) is 4. The largest absolute Gasteiger partial charge is 0.497 e. The second-order valence-corrected chi connectivity index (χ2v) is 9.74. The zero-order chi connectivity index (χ0) is 20.5. The van der Waals surface area contributed by atoms with Gasteiger partial charge in [-0.1, -0.05) is 11.6 Å². The van der Waals surface area contributed by atoms with Crippen LogP contribution < -0.4 is 15.4 Å². The number of nitrogens with zero attached hydrogens (tertiary/aromatic N) is 1. The lowest BCUT2D eigenvalue weighted by Crippen LogP contribution is -2.64. The fourth-order valence-corrected chi connectivity index (χ4v) is 4.62. The van der Waals surface area contributed by atoms with Gasteiger partial charge in [-0.25, -0.2) is 0 Å². The van der Waals surface area contributed by atoms with Gasteiger partial charge < -0.3 is 15.4 Å². The number of nitrogens with one attached hydrogen (secondary N) is 2. The van der Waals surface area contributed by atoms with E-state index in [1.54, 1.807) is 25.3 Å². The SMILES string of the molecule is COc1cc(Cl)cc(C(=O)NCC2CC3(C2)CN(CC(=O)NC(C)(C)C)C3)c1. The summed E-state index contributed by atoms with van der Waals surface area (Å²) in [5, 5.41) is 6.49. The van der Waals surface area contributed by atoms with Crippen LogP contribution in [0.25, 0.3) is 0 Å². The molecule has 3 rings (SSSR count). The number of halogens is 1. The van der Waals surface area contributed by atoms with Gasteiger partial charge in [0.2, 0.25) is 5.91 Å². The maximum absolute atomic E-state index is 12.4. The number of likely N-dealkylation sites (tertiary alicyclic amines) is 1. The molecule has 6 nitrogen and oxygen atoms in total. The average Bonchev–Trinajstić information content (AvgIpc) is 2.52. The maximum Gasteiger partial charge on any atom is 0.251 e. The Kier molecular flexibility index (Phi) is 5.92. The van der Waals surface area contributed by atoms with E-state index in [0.29, 0.717) is 40.8 Å². The van der Waals surface area contributed by atoms with Crippen molar-refractivity contribution in [1.29, 1.82) is 0 Å². The van der Waals surface area contributed by atoms with Crippen LogP contribution in [0.15, 0.2) is 18.2 Å². The first-order chi connectivity index (χ1) is 13.1. The predicted octanol–water partition coefficient (Wildman–Crippen LogP) is 2.71. The molecule has 2 N–H and O–H groups in total. The zero-order valence-corrected chi connectivity index (χ0v) is 17.9. The number of carbonyl (C=O) groups excluding carboxylic acids is 2. The summed E-state index contributed by atoms with van der Waals surface area (Å²) in [5.74, 6) is 1.03. The van der Waals surface area contributed by atoms with Gasteiger partial charge in [-0.15, -0.1) is 0 Å². The van der Waals surface area contributed by atoms with Crippen molar-refractivity contribution in [3.63, 3.8) is 0 Å². The molecule has 1 aromatic rings. The summed E-state index contributed by atoms with van der Waals surface area (Å²) in [6.45, 7) is 9.06. The quantitative estimate of drug-likeness (QED) is 0.760. The van der Waals surface area contributed by atoms with Crippen LogP contribution in [0.2, 0.25) is 5.02 Å². The van der Waals surface area contributed by atoms with Gasteiger partial charge in [0.05, 0.1) is 13.7 Å². The Bertz CT molecular complexity index is 746. The summed E-state index contributed by atoms with van der Waals surface area (Å²) >= 11 is 6.03. The molecule has 2 aliphatic rings. The van der Waals surface area contributed by atoms with E-state index in [1.807, 2.05) is 20.8 Å². The molecule has 7 heteroatoms. The Hall–Kier alpha value is -1.79. The van der Waals surface area contributed by atoms with E-state index < -0.39 is 0 Å². The van der Waals surface area contributed by atoms with Crippen molar-refractivity contribution in [2.24, 2.45) is 11.3 Å². The molecule has 0 bridgehead atoms. The number of rotatable bonds is 6. The van der Waals surface area contributed by atoms with Gasteiger partial charge in [-0.3, -0.25) is 14.5 Å². The summed E-state index contributed by atoms with van der Waals surface area (Å²) in [4.78, 5) is 26.6. The molecule has 1 heterocycles. The third-order valence-corrected chi connectivity index (χ3v) is 5.58. The van der Waals surface area contributed by atoms with Crippen molar-refractivity contribution in [3.05, 3.63) is 28.8 Å². The van der Waals surface area contributed by atoms with Gasteiger partial charge in [-0.05, 0) is 63.1 Å². The molecule has 1 aliphatic carbocycles. The molecule has 0 aromatic heterocycles. The van der Waals surface area contributed by atoms with Gasteiger partial charge in [0.15, 0.2) is 0 Å². The summed E-state index contributed by atoms with van der Waals surface area (Å²) in [5.41, 5.74) is 0.668. The first kappa shape index (κ1) is 20.9. The molecule has 1 aromatic carbocycles. The fraction of sp³-hybridized carbons (Fsp3) is 0.619. The lowest BCUT2D eigenvalue weighted by molar-refractivity contribution is -0.133. The van der Waals surface area contributed by atoms with E-state index in [0.717, 1.165) is 25.9 Å². The van der Waals surface area contributed by atoms with E-state index in [9.17, 15) is 9.59 Å². The Morgan fingerprint density at radius 2 is 1.93 bits per heavy atom. The predicted molar refractivity (Wildman–Crippen MR) is 110 cm³/mol. The monoisotopic (exact) mass is 407 g/mol. The molecule has 1 spiro atoms. The van der Waals surface area contributed by atoms with Crippen molar-refractivity contribution < 1.29 is 14.3 Å². The Morgan fingerprint density at radius 3 is 2.54 bits per heavy atom. The smallest absolute Gasteiger partial charge is 0.251 e. The molecule has 154 valence electrons. The van der Waals surface area contributed by atoms with Crippen LogP contribution in [0.1, 0.15) is 44.0 Å². The minimum absolute atomic E-state index is 0.0856. The van der Waals surface area contributed by atoms with Gasteiger partial charge in [0, 0.05) is 35.8 Å². The molecule has 2 amide bonds. The van der Waals surface area contributed by atoms with Gasteiger partial charge in [0.25, 0.3) is 5.91 Å². The van der Waals surface area contributed by atoms with E-state index in [-0.39, 0.29) is 17.4 Å². The van der Waals surface area contributed by atoms with Crippen molar-refractivity contribution in [1.82, 2.24) is 15.5 Å². The van der Waals surface area contributed by atoms with Gasteiger partial charge in [0.1, 0.15) is 5.75 Å². The van der Waals surface area contributed by atoms with E-state index in [1.165, 1.54) is 0 Å². The van der Waals surface area contributed by atoms with Crippen molar-refractivity contribution in [2.75, 3.05) is 33.3 Å². The molecule has 28 heavy (non-hydrogen) atoms. The minimum Gasteiger partial charge on any atom is -0.497 e. The van der Waals surface area contributed by atoms with E-state index in [4.69, 9.17) is 16.3 Å². The van der Waals surface area contributed by atoms with Crippen LogP contribution in [-0.2, 0) is 4.79 Å². The standard InChI is InChI=1S/C21H30ClN3O3/c1-20(2,3)24-18(26)11-25-12-21(13-25)8-14(9-21)10-23-19(27)15-5-16(22)7-17(6-15)28-4/h5-7,14H,8-13H2,1-4H3,(H,23,27)(H,24,26). The summed E-state index contributed by atoms with van der Waals surface area (Å²) in [7, 11) is 1.55. The Morgan fingerprint density at radius 1 is 1.25 bits per heavy atom. The highest BCUT2D eigenvalue weighted by Gasteiger charge is 2.52. The lowest BCUT2D eigenvalue weighted by Gasteiger charge is -2.59. The van der Waals surface area contributed by atoms with Crippen molar-refractivity contribution >= 4 is 23.4 Å².